The number of carbonyl (C=O) groups is 1. The van der Waals surface area contributed by atoms with Gasteiger partial charge in [-0.1, -0.05) is 44.2 Å². The van der Waals surface area contributed by atoms with E-state index in [0.29, 0.717) is 18.9 Å². The molecule has 1 atom stereocenters. The topological polar surface area (TPSA) is 65.5 Å². The Bertz CT molecular complexity index is 465. The van der Waals surface area contributed by atoms with Gasteiger partial charge in [0.2, 0.25) is 5.91 Å². The third-order valence-corrected chi connectivity index (χ3v) is 3.38. The molecule has 0 saturated carbocycles. The van der Waals surface area contributed by atoms with Crippen LogP contribution in [0.25, 0.3) is 0 Å². The van der Waals surface area contributed by atoms with Crippen molar-refractivity contribution in [3.8, 4) is 0 Å². The first-order valence-electron chi connectivity index (χ1n) is 7.93. The fourth-order valence-electron chi connectivity index (χ4n) is 2.02. The molecule has 0 saturated heterocycles. The number of carbonyl (C=O) groups excluding carboxylic acids is 1. The normalized spacial score (nSPS) is 12.0. The molecule has 0 bridgehead atoms. The van der Waals surface area contributed by atoms with Gasteiger partial charge in [0.25, 0.3) is 0 Å². The zero-order valence-corrected chi connectivity index (χ0v) is 16.6. The van der Waals surface area contributed by atoms with E-state index in [4.69, 9.17) is 0 Å². The fraction of sp³-hybridized carbons (Fsp3) is 0.529. The second kappa shape index (κ2) is 13.2. The van der Waals surface area contributed by atoms with E-state index < -0.39 is 0 Å². The highest BCUT2D eigenvalue weighted by Gasteiger charge is 2.06. The van der Waals surface area contributed by atoms with Crippen LogP contribution < -0.4 is 16.0 Å². The molecule has 0 aliphatic heterocycles. The van der Waals surface area contributed by atoms with Gasteiger partial charge in [-0.25, -0.2) is 0 Å². The van der Waals surface area contributed by atoms with E-state index in [1.165, 1.54) is 5.56 Å². The molecule has 0 spiro atoms. The zero-order valence-electron chi connectivity index (χ0n) is 14.3. The van der Waals surface area contributed by atoms with Gasteiger partial charge in [0.05, 0.1) is 0 Å². The van der Waals surface area contributed by atoms with Crippen LogP contribution in [0, 0.1) is 0 Å². The number of benzene rings is 1. The summed E-state index contributed by atoms with van der Waals surface area (Å²) in [5, 5.41) is 9.31. The highest BCUT2D eigenvalue weighted by molar-refractivity contribution is 14.0. The lowest BCUT2D eigenvalue weighted by Crippen LogP contribution is -2.40. The largest absolute Gasteiger partial charge is 0.356 e. The zero-order chi connectivity index (χ0) is 16.2. The predicted molar refractivity (Wildman–Crippen MR) is 108 cm³/mol. The summed E-state index contributed by atoms with van der Waals surface area (Å²) in [4.78, 5) is 15.7. The van der Waals surface area contributed by atoms with Gasteiger partial charge in [-0.15, -0.1) is 24.0 Å². The molecule has 0 heterocycles. The van der Waals surface area contributed by atoms with Crippen LogP contribution in [0.1, 0.15) is 38.2 Å². The van der Waals surface area contributed by atoms with Crippen molar-refractivity contribution in [2.75, 3.05) is 26.7 Å². The lowest BCUT2D eigenvalue weighted by molar-refractivity contribution is -0.120. The first-order chi connectivity index (χ1) is 10.7. The third-order valence-electron chi connectivity index (χ3n) is 3.38. The van der Waals surface area contributed by atoms with Gasteiger partial charge in [-0.3, -0.25) is 9.79 Å². The van der Waals surface area contributed by atoms with E-state index in [1.807, 2.05) is 25.1 Å². The van der Waals surface area contributed by atoms with Crippen molar-refractivity contribution >= 4 is 35.8 Å². The highest BCUT2D eigenvalue weighted by atomic mass is 127. The van der Waals surface area contributed by atoms with Gasteiger partial charge in [-0.05, 0) is 17.9 Å². The molecule has 5 nitrogen and oxygen atoms in total. The lowest BCUT2D eigenvalue weighted by Gasteiger charge is -2.16. The second-order valence-electron chi connectivity index (χ2n) is 5.29. The Morgan fingerprint density at radius 3 is 2.43 bits per heavy atom. The molecule has 1 aromatic carbocycles. The van der Waals surface area contributed by atoms with Crippen molar-refractivity contribution in [2.45, 2.75) is 32.6 Å². The van der Waals surface area contributed by atoms with Crippen molar-refractivity contribution in [1.82, 2.24) is 16.0 Å². The maximum atomic E-state index is 11.5. The number of hydrogen-bond donors (Lipinski definition) is 3. The van der Waals surface area contributed by atoms with Crippen molar-refractivity contribution in [3.63, 3.8) is 0 Å². The molecule has 0 radical (unpaired) electrons. The number of guanidine groups is 1. The Morgan fingerprint density at radius 2 is 1.83 bits per heavy atom. The smallest absolute Gasteiger partial charge is 0.221 e. The molecule has 130 valence electrons. The number of nitrogens with one attached hydrogen (secondary N) is 3. The van der Waals surface area contributed by atoms with Gasteiger partial charge in [0.1, 0.15) is 0 Å². The minimum absolute atomic E-state index is 0. The predicted octanol–water partition coefficient (Wildman–Crippen LogP) is 2.49. The summed E-state index contributed by atoms with van der Waals surface area (Å²) in [6, 6.07) is 10.4. The third kappa shape index (κ3) is 9.43. The molecule has 0 aliphatic rings. The molecule has 0 aromatic heterocycles. The highest BCUT2D eigenvalue weighted by Crippen LogP contribution is 2.12. The quantitative estimate of drug-likeness (QED) is 0.336. The van der Waals surface area contributed by atoms with Crippen LogP contribution in [-0.2, 0) is 4.79 Å². The number of aliphatic imine (C=N–C) groups is 1. The van der Waals surface area contributed by atoms with Crippen LogP contribution in [-0.4, -0.2) is 38.5 Å². The van der Waals surface area contributed by atoms with Crippen molar-refractivity contribution < 1.29 is 4.79 Å². The summed E-state index contributed by atoms with van der Waals surface area (Å²) in [6.45, 7) is 6.33. The summed E-state index contributed by atoms with van der Waals surface area (Å²) in [5.41, 5.74) is 1.30. The average molecular weight is 432 g/mol. The number of halogens is 1. The maximum absolute atomic E-state index is 11.5. The van der Waals surface area contributed by atoms with Crippen molar-refractivity contribution in [3.05, 3.63) is 35.9 Å². The van der Waals surface area contributed by atoms with Gasteiger partial charge >= 0.3 is 0 Å². The van der Waals surface area contributed by atoms with Gasteiger partial charge in [-0.2, -0.15) is 0 Å². The Morgan fingerprint density at radius 1 is 1.13 bits per heavy atom. The summed E-state index contributed by atoms with van der Waals surface area (Å²) < 4.78 is 0. The number of rotatable bonds is 8. The second-order valence-corrected chi connectivity index (χ2v) is 5.29. The minimum atomic E-state index is 0. The van der Waals surface area contributed by atoms with E-state index in [-0.39, 0.29) is 29.9 Å². The molecule has 1 aromatic rings. The average Bonchev–Trinajstić information content (AvgIpc) is 2.56. The van der Waals surface area contributed by atoms with E-state index in [1.54, 1.807) is 7.05 Å². The number of hydrogen-bond acceptors (Lipinski definition) is 2. The molecule has 0 aliphatic carbocycles. The minimum Gasteiger partial charge on any atom is -0.356 e. The standard InChI is InChI=1S/C17H28N4O.HI/c1-4-11-19-16(22)10-12-20-17(18-3)21-13-14(2)15-8-6-5-7-9-15;/h5-9,14H,4,10-13H2,1-3H3,(H,19,22)(H2,18,20,21);1H. The van der Waals surface area contributed by atoms with Crippen LogP contribution in [0.5, 0.6) is 0 Å². The van der Waals surface area contributed by atoms with Crippen molar-refractivity contribution in [2.24, 2.45) is 4.99 Å². The van der Waals surface area contributed by atoms with Crippen molar-refractivity contribution in [1.29, 1.82) is 0 Å². The van der Waals surface area contributed by atoms with E-state index in [0.717, 1.165) is 25.5 Å². The summed E-state index contributed by atoms with van der Waals surface area (Å²) in [7, 11) is 1.74. The molecule has 23 heavy (non-hydrogen) atoms. The van der Waals surface area contributed by atoms with Crippen LogP contribution in [0.4, 0.5) is 0 Å². The lowest BCUT2D eigenvalue weighted by atomic mass is 10.0. The van der Waals surface area contributed by atoms with Crippen LogP contribution >= 0.6 is 24.0 Å². The molecule has 1 unspecified atom stereocenters. The van der Waals surface area contributed by atoms with Crippen LogP contribution in [0.3, 0.4) is 0 Å². The Labute approximate surface area is 156 Å². The first kappa shape index (κ1) is 21.7. The first-order valence-corrected chi connectivity index (χ1v) is 7.93. The van der Waals surface area contributed by atoms with Crippen LogP contribution in [0.2, 0.25) is 0 Å². The molecule has 1 rings (SSSR count). The molecule has 3 N–H and O–H groups in total. The van der Waals surface area contributed by atoms with E-state index >= 15 is 0 Å². The molecule has 6 heteroatoms. The fourth-order valence-corrected chi connectivity index (χ4v) is 2.02. The number of nitrogens with zero attached hydrogens (tertiary/aromatic N) is 1. The van der Waals surface area contributed by atoms with Crippen LogP contribution in [0.15, 0.2) is 35.3 Å². The van der Waals surface area contributed by atoms with E-state index in [2.05, 4.69) is 40.0 Å². The Hall–Kier alpha value is -1.31. The monoisotopic (exact) mass is 432 g/mol. The SMILES string of the molecule is CCCNC(=O)CCNC(=NC)NCC(C)c1ccccc1.I. The molecule has 1 amide bonds. The molecular weight excluding hydrogens is 403 g/mol. The van der Waals surface area contributed by atoms with Gasteiger partial charge < -0.3 is 16.0 Å². The van der Waals surface area contributed by atoms with Gasteiger partial charge in [0.15, 0.2) is 5.96 Å². The summed E-state index contributed by atoms with van der Waals surface area (Å²) >= 11 is 0. The molecule has 0 fully saturated rings. The summed E-state index contributed by atoms with van der Waals surface area (Å²) in [5.74, 6) is 1.20. The summed E-state index contributed by atoms with van der Waals surface area (Å²) in [6.07, 6.45) is 1.41. The maximum Gasteiger partial charge on any atom is 0.221 e. The number of amides is 1. The van der Waals surface area contributed by atoms with Gasteiger partial charge in [0, 0.05) is 33.1 Å². The Balaban J connectivity index is 0.00000484. The Kier molecular flexibility index (Phi) is 12.4. The van der Waals surface area contributed by atoms with E-state index in [9.17, 15) is 4.79 Å². The molecular formula is C17H29IN4O.